The Labute approximate surface area is 162 Å². The van der Waals surface area contributed by atoms with Gasteiger partial charge in [-0.2, -0.15) is 0 Å². The normalized spacial score (nSPS) is 12.1. The zero-order valence-corrected chi connectivity index (χ0v) is 18.0. The van der Waals surface area contributed by atoms with Gasteiger partial charge in [0, 0.05) is 28.7 Å². The molecule has 0 bridgehead atoms. The van der Waals surface area contributed by atoms with Gasteiger partial charge >= 0.3 is 0 Å². The molecule has 2 heterocycles. The molecule has 4 aromatic rings. The summed E-state index contributed by atoms with van der Waals surface area (Å²) in [7, 11) is -1.50. The number of nitrogens with zero attached hydrogens (tertiary/aromatic N) is 2. The summed E-state index contributed by atoms with van der Waals surface area (Å²) in [5.41, 5.74) is 7.22. The van der Waals surface area contributed by atoms with Crippen molar-refractivity contribution in [3.63, 3.8) is 0 Å². The van der Waals surface area contributed by atoms with Gasteiger partial charge in [0.25, 0.3) is 0 Å². The average Bonchev–Trinajstić information content (AvgIpc) is 2.58. The Morgan fingerprint density at radius 2 is 1.44 bits per heavy atom. The molecule has 0 aliphatic heterocycles. The summed E-state index contributed by atoms with van der Waals surface area (Å²) in [6.07, 6.45) is 3.96. The fourth-order valence-electron chi connectivity index (χ4n) is 4.30. The molecule has 0 spiro atoms. The lowest BCUT2D eigenvalue weighted by molar-refractivity contribution is 1.32. The highest BCUT2D eigenvalue weighted by Gasteiger charge is 2.23. The maximum absolute atomic E-state index is 4.96. The van der Waals surface area contributed by atoms with Crippen LogP contribution in [0.25, 0.3) is 32.9 Å². The van der Waals surface area contributed by atoms with E-state index in [-0.39, 0.29) is 0 Å². The first-order valence-electron chi connectivity index (χ1n) is 9.52. The number of aryl methyl sites for hydroxylation is 3. The smallest absolute Gasteiger partial charge is 0.0808 e. The Morgan fingerprint density at radius 3 is 2.11 bits per heavy atom. The van der Waals surface area contributed by atoms with E-state index < -0.39 is 8.07 Å². The van der Waals surface area contributed by atoms with Gasteiger partial charge in [-0.3, -0.25) is 9.97 Å². The fraction of sp³-hybridized carbons (Fsp3) is 0.250. The van der Waals surface area contributed by atoms with E-state index in [2.05, 4.69) is 76.8 Å². The highest BCUT2D eigenvalue weighted by atomic mass is 28.3. The lowest BCUT2D eigenvalue weighted by Crippen LogP contribution is -2.40. The maximum Gasteiger partial charge on any atom is 0.0808 e. The molecule has 27 heavy (non-hydrogen) atoms. The molecule has 2 aromatic heterocycles. The Hall–Kier alpha value is -2.52. The van der Waals surface area contributed by atoms with Gasteiger partial charge in [0.15, 0.2) is 0 Å². The Kier molecular flexibility index (Phi) is 4.15. The molecule has 0 saturated carbocycles. The minimum atomic E-state index is -1.50. The molecule has 4 rings (SSSR count). The molecule has 136 valence electrons. The second-order valence-corrected chi connectivity index (χ2v) is 13.7. The molecule has 0 saturated heterocycles. The zero-order chi connectivity index (χ0) is 19.3. The molecule has 0 atom stereocenters. The van der Waals surface area contributed by atoms with Crippen LogP contribution in [0.15, 0.2) is 48.8 Å². The SMILES string of the molecule is Cc1cc(C)cc(-c2nccc3c2cnc2c([Si](C)(C)C)c(C)ccc23)c1. The van der Waals surface area contributed by atoms with Gasteiger partial charge in [-0.25, -0.2) is 0 Å². The van der Waals surface area contributed by atoms with Crippen LogP contribution in [0.2, 0.25) is 19.6 Å². The van der Waals surface area contributed by atoms with Crippen LogP contribution in [-0.4, -0.2) is 18.0 Å². The van der Waals surface area contributed by atoms with Crippen LogP contribution in [0.3, 0.4) is 0 Å². The molecular weight excluding hydrogens is 344 g/mol. The van der Waals surface area contributed by atoms with Crippen molar-refractivity contribution in [1.82, 2.24) is 9.97 Å². The van der Waals surface area contributed by atoms with Crippen LogP contribution in [0.5, 0.6) is 0 Å². The lowest BCUT2D eigenvalue weighted by atomic mass is 9.99. The summed E-state index contributed by atoms with van der Waals surface area (Å²) in [6, 6.07) is 13.2. The van der Waals surface area contributed by atoms with Gasteiger partial charge in [0.2, 0.25) is 0 Å². The standard InChI is InChI=1S/C24H26N2Si/c1-15-11-16(2)13-18(12-15)22-21-14-26-23-20(19(21)9-10-25-22)8-7-17(3)24(23)27(4,5)6/h7-14H,1-6H3. The van der Waals surface area contributed by atoms with E-state index in [4.69, 9.17) is 9.97 Å². The van der Waals surface area contributed by atoms with Gasteiger partial charge < -0.3 is 0 Å². The van der Waals surface area contributed by atoms with E-state index in [1.54, 1.807) is 0 Å². The molecule has 0 aliphatic carbocycles. The zero-order valence-electron chi connectivity index (χ0n) is 17.0. The molecule has 0 amide bonds. The van der Waals surface area contributed by atoms with Crippen LogP contribution >= 0.6 is 0 Å². The van der Waals surface area contributed by atoms with E-state index in [1.807, 2.05) is 12.4 Å². The average molecular weight is 371 g/mol. The van der Waals surface area contributed by atoms with Crippen molar-refractivity contribution in [3.05, 3.63) is 65.5 Å². The first-order valence-corrected chi connectivity index (χ1v) is 13.0. The van der Waals surface area contributed by atoms with E-state index in [0.29, 0.717) is 0 Å². The molecular formula is C24H26N2Si. The van der Waals surface area contributed by atoms with Crippen molar-refractivity contribution >= 4 is 34.9 Å². The Morgan fingerprint density at radius 1 is 0.741 bits per heavy atom. The van der Waals surface area contributed by atoms with Crippen LogP contribution in [0.1, 0.15) is 16.7 Å². The quantitative estimate of drug-likeness (QED) is 0.323. The summed E-state index contributed by atoms with van der Waals surface area (Å²) in [5, 5.41) is 5.07. The van der Waals surface area contributed by atoms with Crippen LogP contribution < -0.4 is 5.19 Å². The second-order valence-electron chi connectivity index (χ2n) is 8.66. The summed E-state index contributed by atoms with van der Waals surface area (Å²) in [6.45, 7) is 13.7. The topological polar surface area (TPSA) is 25.8 Å². The summed E-state index contributed by atoms with van der Waals surface area (Å²) in [5.74, 6) is 0. The van der Waals surface area contributed by atoms with Gasteiger partial charge in [-0.05, 0) is 55.1 Å². The highest BCUT2D eigenvalue weighted by molar-refractivity contribution is 6.90. The van der Waals surface area contributed by atoms with Crippen molar-refractivity contribution in [2.45, 2.75) is 40.4 Å². The molecule has 0 unspecified atom stereocenters. The predicted octanol–water partition coefficient (Wildman–Crippen LogP) is 5.92. The van der Waals surface area contributed by atoms with Gasteiger partial charge in [0.05, 0.1) is 19.3 Å². The molecule has 0 N–H and O–H groups in total. The number of fused-ring (bicyclic) bond motifs is 3. The number of pyridine rings is 2. The third kappa shape index (κ3) is 3.06. The van der Waals surface area contributed by atoms with E-state index in [9.17, 15) is 0 Å². The van der Waals surface area contributed by atoms with Crippen LogP contribution in [0, 0.1) is 20.8 Å². The summed E-state index contributed by atoms with van der Waals surface area (Å²) >= 11 is 0. The first-order chi connectivity index (χ1) is 12.8. The molecule has 3 heteroatoms. The summed E-state index contributed by atoms with van der Waals surface area (Å²) in [4.78, 5) is 9.69. The molecule has 0 fully saturated rings. The minimum Gasteiger partial charge on any atom is -0.256 e. The molecule has 2 aromatic carbocycles. The number of rotatable bonds is 2. The number of benzene rings is 2. The van der Waals surface area contributed by atoms with Crippen molar-refractivity contribution in [3.8, 4) is 11.3 Å². The third-order valence-corrected chi connectivity index (χ3v) is 7.37. The van der Waals surface area contributed by atoms with E-state index >= 15 is 0 Å². The van der Waals surface area contributed by atoms with Gasteiger partial charge in [0.1, 0.15) is 0 Å². The third-order valence-electron chi connectivity index (χ3n) is 5.23. The van der Waals surface area contributed by atoms with Crippen molar-refractivity contribution < 1.29 is 0 Å². The lowest BCUT2D eigenvalue weighted by Gasteiger charge is -2.22. The Balaban J connectivity index is 2.08. The predicted molar refractivity (Wildman–Crippen MR) is 120 cm³/mol. The minimum absolute atomic E-state index is 1.02. The second kappa shape index (κ2) is 6.27. The number of hydrogen-bond acceptors (Lipinski definition) is 2. The number of hydrogen-bond donors (Lipinski definition) is 0. The van der Waals surface area contributed by atoms with E-state index in [0.717, 1.165) is 16.6 Å². The Bertz CT molecular complexity index is 1170. The van der Waals surface area contributed by atoms with E-state index in [1.165, 1.54) is 38.2 Å². The van der Waals surface area contributed by atoms with Crippen LogP contribution in [-0.2, 0) is 0 Å². The first kappa shape index (κ1) is 17.9. The molecule has 2 nitrogen and oxygen atoms in total. The monoisotopic (exact) mass is 370 g/mol. The number of aromatic nitrogens is 2. The fourth-order valence-corrected chi connectivity index (χ4v) is 6.48. The van der Waals surface area contributed by atoms with Crippen LogP contribution in [0.4, 0.5) is 0 Å². The van der Waals surface area contributed by atoms with Crippen molar-refractivity contribution in [1.29, 1.82) is 0 Å². The van der Waals surface area contributed by atoms with Crippen molar-refractivity contribution in [2.75, 3.05) is 0 Å². The summed E-state index contributed by atoms with van der Waals surface area (Å²) < 4.78 is 0. The van der Waals surface area contributed by atoms with Gasteiger partial charge in [-0.15, -0.1) is 0 Å². The van der Waals surface area contributed by atoms with Gasteiger partial charge in [-0.1, -0.05) is 49.0 Å². The molecule has 0 aliphatic rings. The highest BCUT2D eigenvalue weighted by Crippen LogP contribution is 2.31. The molecule has 0 radical (unpaired) electrons. The maximum atomic E-state index is 4.96. The van der Waals surface area contributed by atoms with Crippen molar-refractivity contribution in [2.24, 2.45) is 0 Å². The largest absolute Gasteiger partial charge is 0.256 e.